The average Bonchev–Trinajstić information content (AvgIpc) is 3.14. The van der Waals surface area contributed by atoms with Crippen molar-refractivity contribution in [3.63, 3.8) is 0 Å². The summed E-state index contributed by atoms with van der Waals surface area (Å²) in [6, 6.07) is 5.85. The van der Waals surface area contributed by atoms with Gasteiger partial charge in [-0.3, -0.25) is 0 Å². The summed E-state index contributed by atoms with van der Waals surface area (Å²) in [6.45, 7) is 4.75. The highest BCUT2D eigenvalue weighted by molar-refractivity contribution is 9.10. The molecule has 1 saturated carbocycles. The highest BCUT2D eigenvalue weighted by Gasteiger charge is 2.33. The van der Waals surface area contributed by atoms with Crippen molar-refractivity contribution in [1.82, 2.24) is 0 Å². The summed E-state index contributed by atoms with van der Waals surface area (Å²) < 4.78 is 6.38. The van der Waals surface area contributed by atoms with Crippen LogP contribution in [0.4, 0.5) is 0 Å². The van der Waals surface area contributed by atoms with Gasteiger partial charge in [-0.25, -0.2) is 0 Å². The van der Waals surface area contributed by atoms with E-state index in [4.69, 9.17) is 4.74 Å². The molecule has 0 heterocycles. The molecule has 0 aromatic heterocycles. The molecule has 1 fully saturated rings. The van der Waals surface area contributed by atoms with Crippen LogP contribution in [0.25, 0.3) is 0 Å². The van der Waals surface area contributed by atoms with E-state index >= 15 is 0 Å². The summed E-state index contributed by atoms with van der Waals surface area (Å²) in [5.41, 5.74) is 0.972. The van der Waals surface area contributed by atoms with Gasteiger partial charge in [-0.1, -0.05) is 13.0 Å². The molecule has 3 heteroatoms. The fraction of sp³-hybridized carbons (Fsp3) is 0.571. The van der Waals surface area contributed by atoms with E-state index in [0.717, 1.165) is 15.8 Å². The van der Waals surface area contributed by atoms with Crippen molar-refractivity contribution in [1.29, 1.82) is 0 Å². The molecular weight excluding hydrogens is 280 g/mol. The Hall–Kier alpha value is -0.540. The van der Waals surface area contributed by atoms with Crippen molar-refractivity contribution in [3.05, 3.63) is 28.2 Å². The van der Waals surface area contributed by atoms with Gasteiger partial charge in [0.2, 0.25) is 0 Å². The van der Waals surface area contributed by atoms with Crippen LogP contribution < -0.4 is 4.74 Å². The Bertz CT molecular complexity index is 388. The lowest BCUT2D eigenvalue weighted by Crippen LogP contribution is -2.11. The van der Waals surface area contributed by atoms with Gasteiger partial charge < -0.3 is 9.84 Å². The first-order chi connectivity index (χ1) is 8.13. The average molecular weight is 299 g/mol. The van der Waals surface area contributed by atoms with Gasteiger partial charge >= 0.3 is 0 Å². The minimum Gasteiger partial charge on any atom is -0.493 e. The Kier molecular flexibility index (Phi) is 4.10. The third-order valence-electron chi connectivity index (χ3n) is 3.46. The molecule has 0 bridgehead atoms. The summed E-state index contributed by atoms with van der Waals surface area (Å²) in [5.74, 6) is 1.89. The molecule has 2 atom stereocenters. The van der Waals surface area contributed by atoms with Crippen LogP contribution in [-0.2, 0) is 0 Å². The van der Waals surface area contributed by atoms with Crippen molar-refractivity contribution >= 4 is 15.9 Å². The van der Waals surface area contributed by atoms with Gasteiger partial charge in [0, 0.05) is 0 Å². The Labute approximate surface area is 111 Å². The summed E-state index contributed by atoms with van der Waals surface area (Å²) in [6.07, 6.45) is 2.15. The first-order valence-corrected chi connectivity index (χ1v) is 7.03. The summed E-state index contributed by atoms with van der Waals surface area (Å²) >= 11 is 3.48. The zero-order chi connectivity index (χ0) is 12.4. The number of aliphatic hydroxyl groups is 1. The lowest BCUT2D eigenvalue weighted by molar-refractivity contribution is 0.106. The predicted octanol–water partition coefficient (Wildman–Crippen LogP) is 3.93. The summed E-state index contributed by atoms with van der Waals surface area (Å²) in [4.78, 5) is 0. The second-order valence-corrected chi connectivity index (χ2v) is 5.62. The van der Waals surface area contributed by atoms with Crippen LogP contribution in [0.15, 0.2) is 22.7 Å². The lowest BCUT2D eigenvalue weighted by atomic mass is 9.93. The maximum Gasteiger partial charge on any atom is 0.133 e. The van der Waals surface area contributed by atoms with Crippen molar-refractivity contribution in [2.45, 2.75) is 32.8 Å². The molecule has 0 aliphatic heterocycles. The molecule has 94 valence electrons. The van der Waals surface area contributed by atoms with Crippen LogP contribution in [0.5, 0.6) is 5.75 Å². The van der Waals surface area contributed by atoms with Gasteiger partial charge in [0.1, 0.15) is 5.75 Å². The van der Waals surface area contributed by atoms with Crippen LogP contribution in [0.1, 0.15) is 38.4 Å². The number of hydrogen-bond acceptors (Lipinski definition) is 2. The second kappa shape index (κ2) is 5.40. The normalized spacial score (nSPS) is 18.8. The van der Waals surface area contributed by atoms with E-state index in [1.54, 1.807) is 0 Å². The van der Waals surface area contributed by atoms with E-state index in [1.165, 1.54) is 12.8 Å². The summed E-state index contributed by atoms with van der Waals surface area (Å²) in [7, 11) is 0. The number of rotatable bonds is 5. The molecule has 1 aliphatic carbocycles. The van der Waals surface area contributed by atoms with E-state index in [9.17, 15) is 5.11 Å². The first kappa shape index (κ1) is 12.9. The number of benzene rings is 1. The highest BCUT2D eigenvalue weighted by atomic mass is 79.9. The minimum absolute atomic E-state index is 0.347. The van der Waals surface area contributed by atoms with E-state index in [1.807, 2.05) is 25.1 Å². The molecule has 0 radical (unpaired) electrons. The Balaban J connectivity index is 2.12. The number of ether oxygens (including phenoxy) is 1. The van der Waals surface area contributed by atoms with Crippen molar-refractivity contribution in [2.75, 3.05) is 6.61 Å². The smallest absolute Gasteiger partial charge is 0.133 e. The summed E-state index contributed by atoms with van der Waals surface area (Å²) in [5, 5.41) is 10.3. The monoisotopic (exact) mass is 298 g/mol. The first-order valence-electron chi connectivity index (χ1n) is 6.23. The van der Waals surface area contributed by atoms with Crippen LogP contribution in [-0.4, -0.2) is 11.7 Å². The van der Waals surface area contributed by atoms with Crippen LogP contribution in [0.2, 0.25) is 0 Å². The van der Waals surface area contributed by atoms with Crippen LogP contribution >= 0.6 is 15.9 Å². The quantitative estimate of drug-likeness (QED) is 0.892. The Morgan fingerprint density at radius 1 is 1.47 bits per heavy atom. The fourth-order valence-corrected chi connectivity index (χ4v) is 2.67. The lowest BCUT2D eigenvalue weighted by Gasteiger charge is -2.19. The van der Waals surface area contributed by atoms with Gasteiger partial charge in [0.05, 0.1) is 17.2 Å². The molecule has 1 aliphatic rings. The molecule has 2 unspecified atom stereocenters. The van der Waals surface area contributed by atoms with Gasteiger partial charge in [0.15, 0.2) is 0 Å². The zero-order valence-electron chi connectivity index (χ0n) is 10.3. The van der Waals surface area contributed by atoms with Gasteiger partial charge in [-0.05, 0) is 65.2 Å². The third kappa shape index (κ3) is 3.02. The minimum atomic E-state index is -0.366. The van der Waals surface area contributed by atoms with Gasteiger partial charge in [-0.2, -0.15) is 0 Å². The Morgan fingerprint density at radius 2 is 2.18 bits per heavy atom. The Morgan fingerprint density at radius 3 is 2.71 bits per heavy atom. The molecule has 0 amide bonds. The number of halogens is 1. The zero-order valence-corrected chi connectivity index (χ0v) is 11.9. The maximum absolute atomic E-state index is 10.3. The third-order valence-corrected chi connectivity index (χ3v) is 4.08. The van der Waals surface area contributed by atoms with Crippen molar-refractivity contribution < 1.29 is 9.84 Å². The molecule has 17 heavy (non-hydrogen) atoms. The van der Waals surface area contributed by atoms with Crippen molar-refractivity contribution in [3.8, 4) is 5.75 Å². The molecule has 2 nitrogen and oxygen atoms in total. The molecule has 1 aromatic rings. The van der Waals surface area contributed by atoms with Gasteiger partial charge in [-0.15, -0.1) is 0 Å². The SMILES string of the molecule is CCOc1ccc(C(O)C(C)C2CC2)cc1Br. The molecule has 0 saturated heterocycles. The van der Waals surface area contributed by atoms with E-state index in [-0.39, 0.29) is 6.10 Å². The topological polar surface area (TPSA) is 29.5 Å². The van der Waals surface area contributed by atoms with Crippen molar-refractivity contribution in [2.24, 2.45) is 11.8 Å². The van der Waals surface area contributed by atoms with Crippen LogP contribution in [0.3, 0.4) is 0 Å². The molecule has 1 N–H and O–H groups in total. The molecular formula is C14H19BrO2. The largest absolute Gasteiger partial charge is 0.493 e. The number of aliphatic hydroxyl groups excluding tert-OH is 1. The van der Waals surface area contributed by atoms with Crippen LogP contribution in [0, 0.1) is 11.8 Å². The number of hydrogen-bond donors (Lipinski definition) is 1. The maximum atomic E-state index is 10.3. The molecule has 1 aromatic carbocycles. The highest BCUT2D eigenvalue weighted by Crippen LogP contribution is 2.43. The van der Waals surface area contributed by atoms with E-state index in [2.05, 4.69) is 22.9 Å². The predicted molar refractivity (Wildman–Crippen MR) is 72.2 cm³/mol. The molecule has 2 rings (SSSR count). The van der Waals surface area contributed by atoms with E-state index < -0.39 is 0 Å². The second-order valence-electron chi connectivity index (χ2n) is 4.76. The van der Waals surface area contributed by atoms with E-state index in [0.29, 0.717) is 18.4 Å². The molecule has 0 spiro atoms. The standard InChI is InChI=1S/C14H19BrO2/c1-3-17-13-7-6-11(8-12(13)15)14(16)9(2)10-4-5-10/h6-10,14,16H,3-5H2,1-2H3. The fourth-order valence-electron chi connectivity index (χ4n) is 2.16. The van der Waals surface area contributed by atoms with Gasteiger partial charge in [0.25, 0.3) is 0 Å².